The van der Waals surface area contributed by atoms with E-state index in [4.69, 9.17) is 11.6 Å². The number of carbonyl (C=O) groups is 2. The molecule has 4 aliphatic rings. The molecule has 1 aromatic carbocycles. The first-order valence-corrected chi connectivity index (χ1v) is 13.1. The minimum absolute atomic E-state index is 0.0170. The van der Waals surface area contributed by atoms with Crippen molar-refractivity contribution in [3.63, 3.8) is 0 Å². The second-order valence-electron chi connectivity index (χ2n) is 9.89. The fraction of sp³-hybridized carbons (Fsp3) is 0.640. The Morgan fingerprint density at radius 3 is 2.68 bits per heavy atom. The van der Waals surface area contributed by atoms with E-state index < -0.39 is 0 Å². The van der Waals surface area contributed by atoms with Crippen LogP contribution >= 0.6 is 11.6 Å². The van der Waals surface area contributed by atoms with Crippen molar-refractivity contribution in [3.05, 3.63) is 34.9 Å². The topological polar surface area (TPSA) is 80.3 Å². The summed E-state index contributed by atoms with van der Waals surface area (Å²) >= 11 is 6.05. The number of hydrogen-bond acceptors (Lipinski definition) is 6. The first-order chi connectivity index (χ1) is 16.6. The number of fused-ring (bicyclic) bond motifs is 3. The van der Waals surface area contributed by atoms with Gasteiger partial charge in [0.2, 0.25) is 11.8 Å². The van der Waals surface area contributed by atoms with E-state index in [0.717, 1.165) is 56.7 Å². The average molecular weight is 487 g/mol. The van der Waals surface area contributed by atoms with Crippen molar-refractivity contribution in [2.75, 3.05) is 26.2 Å². The molecule has 3 fully saturated rings. The summed E-state index contributed by atoms with van der Waals surface area (Å²) in [6, 6.07) is 7.81. The number of halogens is 1. The number of hydrogen-bond donors (Lipinski definition) is 2. The van der Waals surface area contributed by atoms with Gasteiger partial charge >= 0.3 is 0 Å². The number of likely N-dealkylation sites (tertiary alicyclic amines) is 1. The van der Waals surface area contributed by atoms with E-state index in [1.165, 1.54) is 12.8 Å². The number of hydrazone groups is 1. The van der Waals surface area contributed by atoms with Gasteiger partial charge in [0.25, 0.3) is 0 Å². The van der Waals surface area contributed by atoms with Gasteiger partial charge in [0.15, 0.2) is 6.29 Å². The number of amides is 2. The van der Waals surface area contributed by atoms with E-state index >= 15 is 0 Å². The lowest BCUT2D eigenvalue weighted by atomic mass is 9.80. The van der Waals surface area contributed by atoms with Crippen LogP contribution in [0.15, 0.2) is 29.4 Å². The molecule has 2 N–H and O–H groups in total. The molecule has 1 aliphatic carbocycles. The summed E-state index contributed by atoms with van der Waals surface area (Å²) in [7, 11) is 0. The van der Waals surface area contributed by atoms with Gasteiger partial charge in [-0.3, -0.25) is 19.9 Å². The molecular weight excluding hydrogens is 452 g/mol. The van der Waals surface area contributed by atoms with E-state index in [-0.39, 0.29) is 30.1 Å². The maximum absolute atomic E-state index is 13.5. The van der Waals surface area contributed by atoms with Crippen LogP contribution in [0.4, 0.5) is 0 Å². The molecule has 3 unspecified atom stereocenters. The Bertz CT molecular complexity index is 916. The van der Waals surface area contributed by atoms with Gasteiger partial charge in [-0.15, -0.1) is 0 Å². The second-order valence-corrected chi connectivity index (χ2v) is 10.3. The number of benzene rings is 1. The monoisotopic (exact) mass is 486 g/mol. The van der Waals surface area contributed by atoms with E-state index in [1.807, 2.05) is 29.2 Å². The highest BCUT2D eigenvalue weighted by atomic mass is 35.5. The third-order valence-corrected chi connectivity index (χ3v) is 7.90. The molecule has 0 bridgehead atoms. The van der Waals surface area contributed by atoms with E-state index in [2.05, 4.69) is 25.6 Å². The Labute approximate surface area is 206 Å². The summed E-state index contributed by atoms with van der Waals surface area (Å²) in [5.74, 6) is 1.14. The van der Waals surface area contributed by atoms with E-state index in [9.17, 15) is 9.59 Å². The smallest absolute Gasteiger partial charge is 0.231 e. The Morgan fingerprint density at radius 2 is 1.88 bits per heavy atom. The van der Waals surface area contributed by atoms with Crippen LogP contribution in [-0.4, -0.2) is 70.9 Å². The molecule has 0 aromatic heterocycles. The number of nitrogens with zero attached hydrogens (tertiary/aromatic N) is 4. The van der Waals surface area contributed by atoms with E-state index in [0.29, 0.717) is 31.0 Å². The van der Waals surface area contributed by atoms with Crippen molar-refractivity contribution >= 4 is 29.3 Å². The first-order valence-electron chi connectivity index (χ1n) is 12.7. The zero-order valence-electron chi connectivity index (χ0n) is 19.7. The lowest BCUT2D eigenvalue weighted by molar-refractivity contribution is -0.156. The van der Waals surface area contributed by atoms with Crippen LogP contribution in [0.3, 0.4) is 0 Å². The first kappa shape index (κ1) is 23.4. The highest BCUT2D eigenvalue weighted by molar-refractivity contribution is 6.30. The Balaban J connectivity index is 1.22. The van der Waals surface area contributed by atoms with Crippen LogP contribution in [0, 0.1) is 5.92 Å². The van der Waals surface area contributed by atoms with Crippen LogP contribution in [0.5, 0.6) is 0 Å². The molecule has 0 spiro atoms. The SMILES string of the molecule is O=C(CCC1=NNC2N(Cc3ccc(Cl)cc3)C(=O)C3CCCCC3N12)NCCN1CCCC1. The quantitative estimate of drug-likeness (QED) is 0.590. The Kier molecular flexibility index (Phi) is 7.25. The molecule has 3 heterocycles. The largest absolute Gasteiger partial charge is 0.355 e. The molecule has 8 nitrogen and oxygen atoms in total. The minimum Gasteiger partial charge on any atom is -0.355 e. The van der Waals surface area contributed by atoms with Gasteiger partial charge in [-0.25, -0.2) is 0 Å². The van der Waals surface area contributed by atoms with Crippen LogP contribution in [-0.2, 0) is 16.1 Å². The molecular formula is C25H35ClN6O2. The predicted molar refractivity (Wildman–Crippen MR) is 132 cm³/mol. The lowest BCUT2D eigenvalue weighted by Crippen LogP contribution is -2.67. The summed E-state index contributed by atoms with van der Waals surface area (Å²) in [4.78, 5) is 32.6. The molecule has 184 valence electrons. The Hall–Kier alpha value is -2.32. The van der Waals surface area contributed by atoms with Gasteiger partial charge < -0.3 is 15.1 Å². The molecule has 1 aromatic rings. The van der Waals surface area contributed by atoms with Crippen LogP contribution in [0.1, 0.15) is 56.9 Å². The van der Waals surface area contributed by atoms with Crippen LogP contribution < -0.4 is 10.7 Å². The van der Waals surface area contributed by atoms with Gasteiger partial charge in [-0.05, 0) is 56.5 Å². The van der Waals surface area contributed by atoms with Gasteiger partial charge in [0, 0.05) is 43.5 Å². The lowest BCUT2D eigenvalue weighted by Gasteiger charge is -2.50. The molecule has 34 heavy (non-hydrogen) atoms. The van der Waals surface area contributed by atoms with Gasteiger partial charge in [0.05, 0.1) is 5.92 Å². The highest BCUT2D eigenvalue weighted by Crippen LogP contribution is 2.38. The molecule has 0 radical (unpaired) electrons. The molecule has 3 aliphatic heterocycles. The third-order valence-electron chi connectivity index (χ3n) is 7.64. The van der Waals surface area contributed by atoms with Crippen molar-refractivity contribution in [1.82, 2.24) is 25.4 Å². The normalized spacial score (nSPS) is 26.7. The maximum Gasteiger partial charge on any atom is 0.231 e. The maximum atomic E-state index is 13.5. The average Bonchev–Trinajstić information content (AvgIpc) is 3.52. The van der Waals surface area contributed by atoms with Crippen molar-refractivity contribution in [2.24, 2.45) is 11.0 Å². The third kappa shape index (κ3) is 5.03. The molecule has 3 atom stereocenters. The second kappa shape index (κ2) is 10.5. The van der Waals surface area contributed by atoms with Crippen molar-refractivity contribution < 1.29 is 9.59 Å². The van der Waals surface area contributed by atoms with Gasteiger partial charge in [-0.1, -0.05) is 36.6 Å². The number of amidine groups is 1. The molecule has 1 saturated carbocycles. The zero-order valence-corrected chi connectivity index (χ0v) is 20.5. The molecule has 9 heteroatoms. The van der Waals surface area contributed by atoms with E-state index in [1.54, 1.807) is 0 Å². The fourth-order valence-electron chi connectivity index (χ4n) is 5.86. The molecule has 2 amide bonds. The summed E-state index contributed by atoms with van der Waals surface area (Å²) < 4.78 is 0. The predicted octanol–water partition coefficient (Wildman–Crippen LogP) is 2.74. The number of rotatable bonds is 8. The summed E-state index contributed by atoms with van der Waals surface area (Å²) in [5.41, 5.74) is 4.25. The number of nitrogens with one attached hydrogen (secondary N) is 2. The zero-order chi connectivity index (χ0) is 23.5. The molecule has 2 saturated heterocycles. The summed E-state index contributed by atoms with van der Waals surface area (Å²) in [6.45, 7) is 4.41. The number of carbonyl (C=O) groups excluding carboxylic acids is 2. The standard InChI is InChI=1S/C25H35ClN6O2/c26-19-9-7-18(8-10-19)17-31-24(34)20-5-1-2-6-21(20)32-22(28-29-25(31)32)11-12-23(33)27-13-16-30-14-3-4-15-30/h7-10,20-21,25,29H,1-6,11-17H2,(H,27,33). The highest BCUT2D eigenvalue weighted by Gasteiger charge is 2.50. The summed E-state index contributed by atoms with van der Waals surface area (Å²) in [6.07, 6.45) is 7.32. The van der Waals surface area contributed by atoms with Crippen molar-refractivity contribution in [2.45, 2.75) is 70.2 Å². The summed E-state index contributed by atoms with van der Waals surface area (Å²) in [5, 5.41) is 8.37. The Morgan fingerprint density at radius 1 is 1.12 bits per heavy atom. The minimum atomic E-state index is -0.296. The van der Waals surface area contributed by atoms with Gasteiger partial charge in [-0.2, -0.15) is 5.10 Å². The fourth-order valence-corrected chi connectivity index (χ4v) is 5.99. The van der Waals surface area contributed by atoms with Gasteiger partial charge in [0.1, 0.15) is 5.84 Å². The van der Waals surface area contributed by atoms with Crippen molar-refractivity contribution in [3.8, 4) is 0 Å². The van der Waals surface area contributed by atoms with Crippen molar-refractivity contribution in [1.29, 1.82) is 0 Å². The molecule has 5 rings (SSSR count). The van der Waals surface area contributed by atoms with Crippen LogP contribution in [0.2, 0.25) is 5.02 Å². The van der Waals surface area contributed by atoms with Crippen LogP contribution in [0.25, 0.3) is 0 Å².